The highest BCUT2D eigenvalue weighted by molar-refractivity contribution is 8.13. The quantitative estimate of drug-likeness (QED) is 0.0950. The van der Waals surface area contributed by atoms with Gasteiger partial charge in [-0.05, 0) is 24.3 Å². The van der Waals surface area contributed by atoms with Crippen LogP contribution < -0.4 is 16.6 Å². The summed E-state index contributed by atoms with van der Waals surface area (Å²) in [6.45, 7) is 0. The first-order valence-corrected chi connectivity index (χ1v) is 9.98. The number of halogens is 8. The van der Waals surface area contributed by atoms with Crippen molar-refractivity contribution in [2.45, 2.75) is 23.3 Å². The van der Waals surface area contributed by atoms with E-state index < -0.39 is 41.5 Å². The lowest BCUT2D eigenvalue weighted by molar-refractivity contribution is -0.469. The Morgan fingerprint density at radius 3 is 2.33 bits per heavy atom. The van der Waals surface area contributed by atoms with E-state index in [0.717, 1.165) is 5.01 Å². The molecule has 0 atom stereocenters. The summed E-state index contributed by atoms with van der Waals surface area (Å²) in [6, 6.07) is 3.80. The summed E-state index contributed by atoms with van der Waals surface area (Å²) in [5, 5.41) is 10.4. The van der Waals surface area contributed by atoms with Crippen LogP contribution >= 0.6 is 11.8 Å². The van der Waals surface area contributed by atoms with Crippen molar-refractivity contribution >= 4 is 34.3 Å². The maximum atomic E-state index is 14.4. The van der Waals surface area contributed by atoms with Crippen molar-refractivity contribution in [3.8, 4) is 0 Å². The minimum absolute atomic E-state index is 0.0516. The van der Waals surface area contributed by atoms with Gasteiger partial charge < -0.3 is 5.32 Å². The Balaban J connectivity index is 2.37. The molecule has 2 aromatic rings. The second-order valence-corrected chi connectivity index (χ2v) is 7.71. The SMILES string of the molecule is CONc1ccc(SC(=N)N(C)N)c(C(=O)Nc2ncc(C(F)(F)C(F)(F)OC(F)(F)F)cc2F)c1. The van der Waals surface area contributed by atoms with Gasteiger partial charge in [0.15, 0.2) is 16.8 Å². The molecule has 1 aromatic carbocycles. The van der Waals surface area contributed by atoms with E-state index in [4.69, 9.17) is 16.1 Å². The molecule has 36 heavy (non-hydrogen) atoms. The Labute approximate surface area is 201 Å². The molecule has 0 saturated heterocycles. The van der Waals surface area contributed by atoms with Gasteiger partial charge >= 0.3 is 18.4 Å². The molecule has 0 bridgehead atoms. The van der Waals surface area contributed by atoms with Crippen molar-refractivity contribution in [2.24, 2.45) is 5.84 Å². The van der Waals surface area contributed by atoms with Gasteiger partial charge in [-0.2, -0.15) is 17.6 Å². The molecule has 0 saturated carbocycles. The number of nitrogens with zero attached hydrogens (tertiary/aromatic N) is 2. The number of benzene rings is 1. The predicted octanol–water partition coefficient (Wildman–Crippen LogP) is 4.50. The topological polar surface area (TPSA) is 126 Å². The number of amidine groups is 1. The van der Waals surface area contributed by atoms with Crippen LogP contribution in [0.3, 0.4) is 0 Å². The second-order valence-electron chi connectivity index (χ2n) is 6.68. The lowest BCUT2D eigenvalue weighted by Gasteiger charge is -2.26. The summed E-state index contributed by atoms with van der Waals surface area (Å²) in [6.07, 6.45) is -12.3. The first-order chi connectivity index (χ1) is 16.5. The van der Waals surface area contributed by atoms with E-state index in [2.05, 4.69) is 15.2 Å². The minimum Gasteiger partial charge on any atom is -0.304 e. The summed E-state index contributed by atoms with van der Waals surface area (Å²) in [5.74, 6) is -4.04. The van der Waals surface area contributed by atoms with Crippen LogP contribution in [0.25, 0.3) is 0 Å². The Hall–Kier alpha value is -3.22. The van der Waals surface area contributed by atoms with Crippen LogP contribution in [0, 0.1) is 11.2 Å². The molecule has 1 heterocycles. The van der Waals surface area contributed by atoms with Gasteiger partial charge in [0.1, 0.15) is 0 Å². The number of nitrogens with one attached hydrogen (secondary N) is 3. The number of amides is 1. The van der Waals surface area contributed by atoms with Crippen LogP contribution in [0.2, 0.25) is 0 Å². The molecule has 2 rings (SSSR count). The first kappa shape index (κ1) is 29.0. The third-order valence-corrected chi connectivity index (χ3v) is 5.07. The van der Waals surface area contributed by atoms with Crippen LogP contribution in [-0.2, 0) is 15.5 Å². The Morgan fingerprint density at radius 2 is 1.81 bits per heavy atom. The Morgan fingerprint density at radius 1 is 1.17 bits per heavy atom. The average molecular weight is 548 g/mol. The van der Waals surface area contributed by atoms with E-state index in [1.165, 1.54) is 32.4 Å². The van der Waals surface area contributed by atoms with Gasteiger partial charge in [-0.25, -0.2) is 20.0 Å². The molecule has 0 fully saturated rings. The van der Waals surface area contributed by atoms with Crippen molar-refractivity contribution in [3.05, 3.63) is 47.4 Å². The van der Waals surface area contributed by atoms with Crippen LogP contribution in [0.4, 0.5) is 46.6 Å². The molecular formula is C18H16F8N6O3S. The number of pyridine rings is 1. The number of carbonyl (C=O) groups is 1. The highest BCUT2D eigenvalue weighted by atomic mass is 32.2. The molecular weight excluding hydrogens is 532 g/mol. The number of thioether (sulfide) groups is 1. The number of hydrogen-bond donors (Lipinski definition) is 4. The largest absolute Gasteiger partial charge is 0.527 e. The fourth-order valence-corrected chi connectivity index (χ4v) is 3.16. The summed E-state index contributed by atoms with van der Waals surface area (Å²) in [7, 11) is 2.61. The van der Waals surface area contributed by atoms with Gasteiger partial charge in [-0.1, -0.05) is 11.8 Å². The molecule has 18 heteroatoms. The van der Waals surface area contributed by atoms with E-state index in [1.54, 1.807) is 0 Å². The molecule has 5 N–H and O–H groups in total. The van der Waals surface area contributed by atoms with Gasteiger partial charge in [0, 0.05) is 18.1 Å². The van der Waals surface area contributed by atoms with Crippen molar-refractivity contribution in [1.29, 1.82) is 5.41 Å². The highest BCUT2D eigenvalue weighted by Gasteiger charge is 2.64. The fourth-order valence-electron chi connectivity index (χ4n) is 2.41. The number of nitrogens with two attached hydrogens (primary N) is 1. The van der Waals surface area contributed by atoms with Crippen LogP contribution in [0.5, 0.6) is 0 Å². The van der Waals surface area contributed by atoms with E-state index >= 15 is 0 Å². The van der Waals surface area contributed by atoms with Gasteiger partial charge in [0.2, 0.25) is 0 Å². The molecule has 1 aromatic heterocycles. The Kier molecular flexibility index (Phi) is 8.71. The van der Waals surface area contributed by atoms with Gasteiger partial charge in [-0.3, -0.25) is 25.5 Å². The monoisotopic (exact) mass is 548 g/mol. The second kappa shape index (κ2) is 10.8. The van der Waals surface area contributed by atoms with E-state index in [9.17, 15) is 39.9 Å². The van der Waals surface area contributed by atoms with Crippen molar-refractivity contribution in [1.82, 2.24) is 9.99 Å². The van der Waals surface area contributed by atoms with Crippen molar-refractivity contribution < 1.29 is 49.5 Å². The third kappa shape index (κ3) is 6.93. The van der Waals surface area contributed by atoms with Crippen LogP contribution in [-0.4, -0.2) is 47.7 Å². The molecule has 198 valence electrons. The molecule has 0 aliphatic carbocycles. The number of rotatable bonds is 8. The molecule has 0 spiro atoms. The molecule has 0 aliphatic rings. The van der Waals surface area contributed by atoms with E-state index in [1.807, 2.05) is 5.32 Å². The lowest BCUT2D eigenvalue weighted by Crippen LogP contribution is -2.44. The first-order valence-electron chi connectivity index (χ1n) is 9.16. The fraction of sp³-hybridized carbons (Fsp3) is 0.278. The number of carbonyl (C=O) groups excluding carboxylic acids is 1. The number of ether oxygens (including phenoxy) is 1. The lowest BCUT2D eigenvalue weighted by atomic mass is 10.1. The third-order valence-electron chi connectivity index (χ3n) is 4.02. The number of anilines is 2. The van der Waals surface area contributed by atoms with Crippen molar-refractivity contribution in [2.75, 3.05) is 25.0 Å². The van der Waals surface area contributed by atoms with Gasteiger partial charge in [-0.15, -0.1) is 13.2 Å². The molecule has 1 amide bonds. The molecule has 0 unspecified atom stereocenters. The number of hydrogen-bond acceptors (Lipinski definition) is 8. The van der Waals surface area contributed by atoms with Gasteiger partial charge in [0.05, 0.1) is 23.9 Å². The maximum absolute atomic E-state index is 14.4. The molecule has 0 aliphatic heterocycles. The minimum atomic E-state index is -6.12. The summed E-state index contributed by atoms with van der Waals surface area (Å²) in [5.41, 5.74) is 0.504. The predicted molar refractivity (Wildman–Crippen MR) is 111 cm³/mol. The standard InChI is InChI=1S/C18H16F8N6O3S/c1-32(28)15(27)36-12-4-3-9(31-34-2)6-10(12)14(33)30-13-11(19)5-8(7-29-13)16(20,21)17(22,23)35-18(24,25)26/h3-7,27,31H,28H2,1-2H3,(H,29,30,33). The Bertz CT molecular complexity index is 1130. The highest BCUT2D eigenvalue weighted by Crippen LogP contribution is 2.46. The van der Waals surface area contributed by atoms with Gasteiger partial charge in [0.25, 0.3) is 5.91 Å². The average Bonchev–Trinajstić information content (AvgIpc) is 2.74. The normalized spacial score (nSPS) is 12.3. The summed E-state index contributed by atoms with van der Waals surface area (Å²) in [4.78, 5) is 20.7. The maximum Gasteiger partial charge on any atom is 0.527 e. The van der Waals surface area contributed by atoms with E-state index in [0.29, 0.717) is 11.8 Å². The summed E-state index contributed by atoms with van der Waals surface area (Å²) < 4.78 is 107. The summed E-state index contributed by atoms with van der Waals surface area (Å²) >= 11 is 0.714. The zero-order chi connectivity index (χ0) is 27.5. The zero-order valence-electron chi connectivity index (χ0n) is 18.0. The molecule has 9 nitrogen and oxygen atoms in total. The number of alkyl halides is 7. The van der Waals surface area contributed by atoms with Crippen LogP contribution in [0.15, 0.2) is 35.4 Å². The van der Waals surface area contributed by atoms with Crippen molar-refractivity contribution in [3.63, 3.8) is 0 Å². The molecule has 0 radical (unpaired) electrons. The zero-order valence-corrected chi connectivity index (χ0v) is 18.8. The number of hydrazine groups is 1. The number of aromatic nitrogens is 1. The van der Waals surface area contributed by atoms with E-state index in [-0.39, 0.29) is 33.6 Å². The smallest absolute Gasteiger partial charge is 0.304 e. The van der Waals surface area contributed by atoms with Crippen LogP contribution in [0.1, 0.15) is 15.9 Å².